The van der Waals surface area contributed by atoms with Crippen molar-refractivity contribution in [2.45, 2.75) is 58.6 Å². The molecule has 0 amide bonds. The summed E-state index contributed by atoms with van der Waals surface area (Å²) in [5, 5.41) is 30.0. The zero-order valence-corrected chi connectivity index (χ0v) is 19.2. The minimum Gasteiger partial charge on any atom is -0.394 e. The highest BCUT2D eigenvalue weighted by atomic mass is 32.2. The number of allylic oxidation sites excluding steroid dienone is 1. The molecule has 1 aliphatic rings. The Bertz CT molecular complexity index is 875. The molecule has 2 atom stereocenters. The Kier molecular flexibility index (Phi) is 10.2. The summed E-state index contributed by atoms with van der Waals surface area (Å²) in [6, 6.07) is 15.7. The van der Waals surface area contributed by atoms with E-state index in [2.05, 4.69) is 48.2 Å². The predicted octanol–water partition coefficient (Wildman–Crippen LogP) is 5.59. The Labute approximate surface area is 185 Å². The number of rotatable bonds is 7. The van der Waals surface area contributed by atoms with Crippen molar-refractivity contribution >= 4 is 34.3 Å². The van der Waals surface area contributed by atoms with Crippen LogP contribution in [0.25, 0.3) is 16.8 Å². The van der Waals surface area contributed by atoms with Gasteiger partial charge in [0.05, 0.1) is 17.6 Å². The Morgan fingerprint density at radius 3 is 2.67 bits per heavy atom. The van der Waals surface area contributed by atoms with E-state index < -0.39 is 6.10 Å². The molecular weight excluding hydrogens is 392 g/mol. The predicted molar refractivity (Wildman–Crippen MR) is 130 cm³/mol. The van der Waals surface area contributed by atoms with Crippen LogP contribution in [-0.4, -0.2) is 41.3 Å². The summed E-state index contributed by atoms with van der Waals surface area (Å²) < 4.78 is 0. The summed E-state index contributed by atoms with van der Waals surface area (Å²) in [4.78, 5) is 3.12. The maximum Gasteiger partial charge on any atom is 0.106 e. The van der Waals surface area contributed by atoms with Crippen molar-refractivity contribution in [3.8, 4) is 6.07 Å². The van der Waals surface area contributed by atoms with E-state index in [4.69, 9.17) is 5.11 Å². The van der Waals surface area contributed by atoms with Gasteiger partial charge in [0.25, 0.3) is 0 Å². The minimum atomic E-state index is -0.718. The van der Waals surface area contributed by atoms with Crippen LogP contribution in [0.2, 0.25) is 0 Å². The molecule has 0 radical (unpaired) electrons. The fourth-order valence-corrected chi connectivity index (χ4v) is 4.55. The van der Waals surface area contributed by atoms with E-state index in [1.807, 2.05) is 26.0 Å². The lowest BCUT2D eigenvalue weighted by Crippen LogP contribution is -2.37. The number of aliphatic hydroxyl groups excluding tert-OH is 2. The summed E-state index contributed by atoms with van der Waals surface area (Å²) in [6.07, 6.45) is 5.47. The molecule has 0 saturated carbocycles. The van der Waals surface area contributed by atoms with Gasteiger partial charge < -0.3 is 15.1 Å². The summed E-state index contributed by atoms with van der Waals surface area (Å²) in [5.41, 5.74) is 2.29. The van der Waals surface area contributed by atoms with Crippen LogP contribution in [0.15, 0.2) is 41.3 Å². The molecule has 5 heteroatoms. The number of piperidine rings is 1. The van der Waals surface area contributed by atoms with Gasteiger partial charge in [-0.2, -0.15) is 5.26 Å². The van der Waals surface area contributed by atoms with Gasteiger partial charge in [-0.3, -0.25) is 0 Å². The third kappa shape index (κ3) is 6.77. The number of benzene rings is 2. The molecule has 4 nitrogen and oxygen atoms in total. The van der Waals surface area contributed by atoms with E-state index in [0.29, 0.717) is 23.1 Å². The van der Waals surface area contributed by atoms with E-state index in [-0.39, 0.29) is 6.61 Å². The Hall–Kier alpha value is -2.00. The fraction of sp³-hybridized carbons (Fsp3) is 0.480. The second-order valence-corrected chi connectivity index (χ2v) is 8.56. The Balaban J connectivity index is 0.00000155. The van der Waals surface area contributed by atoms with Crippen LogP contribution in [-0.2, 0) is 0 Å². The quantitative estimate of drug-likeness (QED) is 0.565. The van der Waals surface area contributed by atoms with Gasteiger partial charge in [0.2, 0.25) is 0 Å². The molecule has 1 aliphatic heterocycles. The minimum absolute atomic E-state index is 0.241. The van der Waals surface area contributed by atoms with Crippen molar-refractivity contribution in [3.63, 3.8) is 0 Å². The van der Waals surface area contributed by atoms with Crippen molar-refractivity contribution in [1.82, 2.24) is 0 Å². The first-order chi connectivity index (χ1) is 14.6. The number of hydrogen-bond donors (Lipinski definition) is 2. The molecule has 0 bridgehead atoms. The van der Waals surface area contributed by atoms with Crippen molar-refractivity contribution in [3.05, 3.63) is 46.9 Å². The highest BCUT2D eigenvalue weighted by molar-refractivity contribution is 8.03. The fourth-order valence-electron chi connectivity index (χ4n) is 3.66. The number of thioether (sulfide) groups is 1. The maximum atomic E-state index is 9.42. The lowest BCUT2D eigenvalue weighted by Gasteiger charge is -2.35. The van der Waals surface area contributed by atoms with Crippen LogP contribution in [0.4, 0.5) is 5.69 Å². The molecule has 1 heterocycles. The zero-order chi connectivity index (χ0) is 21.9. The van der Waals surface area contributed by atoms with Gasteiger partial charge in [0.15, 0.2) is 0 Å². The zero-order valence-electron chi connectivity index (χ0n) is 18.3. The number of nitrogens with zero attached hydrogens (tertiary/aromatic N) is 2. The molecule has 162 valence electrons. The topological polar surface area (TPSA) is 67.5 Å². The molecule has 0 spiro atoms. The van der Waals surface area contributed by atoms with Gasteiger partial charge in [-0.15, -0.1) is 11.8 Å². The van der Waals surface area contributed by atoms with Crippen molar-refractivity contribution < 1.29 is 10.2 Å². The van der Waals surface area contributed by atoms with Crippen molar-refractivity contribution in [2.24, 2.45) is 0 Å². The largest absolute Gasteiger partial charge is 0.394 e. The highest BCUT2D eigenvalue weighted by Crippen LogP contribution is 2.29. The van der Waals surface area contributed by atoms with Crippen LogP contribution in [0.3, 0.4) is 0 Å². The van der Waals surface area contributed by atoms with Crippen LogP contribution in [0.1, 0.15) is 52.0 Å². The first kappa shape index (κ1) is 24.3. The van der Waals surface area contributed by atoms with Crippen molar-refractivity contribution in [1.29, 1.82) is 5.26 Å². The molecule has 2 N–H and O–H groups in total. The molecule has 2 aromatic carbocycles. The summed E-state index contributed by atoms with van der Waals surface area (Å²) in [7, 11) is 0. The lowest BCUT2D eigenvalue weighted by atomic mass is 10.0. The first-order valence-corrected chi connectivity index (χ1v) is 11.9. The molecule has 2 aromatic rings. The lowest BCUT2D eigenvalue weighted by molar-refractivity contribution is 0.0932. The number of fused-ring (bicyclic) bond motifs is 1. The smallest absolute Gasteiger partial charge is 0.106 e. The second kappa shape index (κ2) is 12.6. The number of hydrogen-bond acceptors (Lipinski definition) is 5. The van der Waals surface area contributed by atoms with Gasteiger partial charge in [-0.05, 0) is 73.2 Å². The molecular formula is C25H34N2O2S. The SMILES string of the molecule is CC.CC1CCCCN1c1ccc2cc(/C=C(\C#N)SCCC(O)CO)ccc2c1. The van der Waals surface area contributed by atoms with Gasteiger partial charge >= 0.3 is 0 Å². The van der Waals surface area contributed by atoms with Crippen molar-refractivity contribution in [2.75, 3.05) is 23.8 Å². The van der Waals surface area contributed by atoms with Gasteiger partial charge in [-0.1, -0.05) is 32.0 Å². The van der Waals surface area contributed by atoms with Gasteiger partial charge in [0, 0.05) is 24.0 Å². The Morgan fingerprint density at radius 1 is 1.23 bits per heavy atom. The van der Waals surface area contributed by atoms with E-state index in [1.165, 1.54) is 47.5 Å². The summed E-state index contributed by atoms with van der Waals surface area (Å²) in [5.74, 6) is 0.603. The monoisotopic (exact) mass is 426 g/mol. The summed E-state index contributed by atoms with van der Waals surface area (Å²) in [6.45, 7) is 7.19. The van der Waals surface area contributed by atoms with Gasteiger partial charge in [-0.25, -0.2) is 0 Å². The van der Waals surface area contributed by atoms with Crippen LogP contribution < -0.4 is 4.90 Å². The molecule has 0 aliphatic carbocycles. The average Bonchev–Trinajstić information content (AvgIpc) is 2.79. The Morgan fingerprint density at radius 2 is 1.97 bits per heavy atom. The summed E-state index contributed by atoms with van der Waals surface area (Å²) >= 11 is 1.41. The molecule has 0 aromatic heterocycles. The molecule has 3 rings (SSSR count). The normalized spacial score (nSPS) is 17.8. The third-order valence-electron chi connectivity index (χ3n) is 5.31. The number of nitriles is 1. The van der Waals surface area contributed by atoms with E-state index >= 15 is 0 Å². The molecule has 30 heavy (non-hydrogen) atoms. The number of anilines is 1. The van der Waals surface area contributed by atoms with Crippen LogP contribution >= 0.6 is 11.8 Å². The van der Waals surface area contributed by atoms with Crippen LogP contribution in [0.5, 0.6) is 0 Å². The molecule has 1 fully saturated rings. The standard InChI is InChI=1S/C23H28N2O2S.C2H6/c1-17-4-2-3-10-25(17)21-8-7-19-12-18(5-6-20(19)14-21)13-23(15-24)28-11-9-22(27)16-26;1-2/h5-8,12-14,17,22,26-27H,2-4,9-11,16H2,1H3;1-2H3/b23-13+;. The molecule has 1 saturated heterocycles. The third-order valence-corrected chi connectivity index (χ3v) is 6.27. The number of aliphatic hydroxyl groups is 2. The second-order valence-electron chi connectivity index (χ2n) is 7.42. The van der Waals surface area contributed by atoms with E-state index in [1.54, 1.807) is 0 Å². The van der Waals surface area contributed by atoms with Crippen LogP contribution in [0, 0.1) is 11.3 Å². The highest BCUT2D eigenvalue weighted by Gasteiger charge is 2.18. The average molecular weight is 427 g/mol. The molecule has 2 unspecified atom stereocenters. The van der Waals surface area contributed by atoms with E-state index in [9.17, 15) is 10.4 Å². The van der Waals surface area contributed by atoms with E-state index in [0.717, 1.165) is 12.1 Å². The van der Waals surface area contributed by atoms with Gasteiger partial charge in [0.1, 0.15) is 6.07 Å². The first-order valence-electron chi connectivity index (χ1n) is 10.9. The maximum absolute atomic E-state index is 9.42.